The van der Waals surface area contributed by atoms with Gasteiger partial charge in [-0.15, -0.1) is 0 Å². The minimum Gasteiger partial charge on any atom is -0.320 e. The average molecular weight is 362 g/mol. The van der Waals surface area contributed by atoms with Gasteiger partial charge < -0.3 is 10.2 Å². The van der Waals surface area contributed by atoms with Crippen LogP contribution in [0.4, 0.5) is 14.9 Å². The number of nitrogens with one attached hydrogen (secondary N) is 1. The number of hydrogen-bond acceptors (Lipinski definition) is 3. The largest absolute Gasteiger partial charge is 0.322 e. The molecule has 1 aliphatic heterocycles. The van der Waals surface area contributed by atoms with Crippen molar-refractivity contribution in [1.29, 1.82) is 0 Å². The van der Waals surface area contributed by atoms with Crippen LogP contribution in [-0.2, 0) is 13.0 Å². The van der Waals surface area contributed by atoms with E-state index in [0.29, 0.717) is 25.3 Å². The molecule has 0 saturated heterocycles. The summed E-state index contributed by atoms with van der Waals surface area (Å²) in [5.74, 6) is 0.290. The van der Waals surface area contributed by atoms with Gasteiger partial charge in [-0.3, -0.25) is 0 Å². The number of hydrogen-bond donors (Lipinski definition) is 1. The molecule has 5 nitrogen and oxygen atoms in total. The van der Waals surface area contributed by atoms with Gasteiger partial charge in [0.15, 0.2) is 5.82 Å². The molecule has 6 heteroatoms. The van der Waals surface area contributed by atoms with Crippen molar-refractivity contribution in [2.24, 2.45) is 0 Å². The maximum Gasteiger partial charge on any atom is 0.322 e. The van der Waals surface area contributed by atoms with E-state index in [4.69, 9.17) is 0 Å². The highest BCUT2D eigenvalue weighted by Crippen LogP contribution is 2.22. The molecule has 0 aliphatic carbocycles. The van der Waals surface area contributed by atoms with Crippen molar-refractivity contribution in [3.8, 4) is 11.4 Å². The van der Waals surface area contributed by atoms with Gasteiger partial charge in [-0.05, 0) is 48.9 Å². The maximum atomic E-state index is 13.1. The molecular formula is C21H19FN4O. The monoisotopic (exact) mass is 362 g/mol. The molecule has 1 aromatic heterocycles. The van der Waals surface area contributed by atoms with Crippen molar-refractivity contribution in [2.75, 3.05) is 11.9 Å². The molecule has 3 aromatic rings. The molecule has 2 aromatic carbocycles. The lowest BCUT2D eigenvalue weighted by atomic mass is 10.1. The van der Waals surface area contributed by atoms with Crippen LogP contribution in [0.5, 0.6) is 0 Å². The second-order valence-electron chi connectivity index (χ2n) is 6.64. The average Bonchev–Trinajstić information content (AvgIpc) is 2.68. The smallest absolute Gasteiger partial charge is 0.320 e. The lowest BCUT2D eigenvalue weighted by Crippen LogP contribution is -2.39. The van der Waals surface area contributed by atoms with E-state index in [0.717, 1.165) is 28.1 Å². The number of fused-ring (bicyclic) bond motifs is 1. The molecule has 2 heterocycles. The summed E-state index contributed by atoms with van der Waals surface area (Å²) in [5.41, 5.74) is 4.53. The topological polar surface area (TPSA) is 58.1 Å². The van der Waals surface area contributed by atoms with Crippen molar-refractivity contribution in [3.05, 3.63) is 77.4 Å². The van der Waals surface area contributed by atoms with Gasteiger partial charge in [0.1, 0.15) is 5.82 Å². The van der Waals surface area contributed by atoms with Crippen molar-refractivity contribution in [2.45, 2.75) is 19.9 Å². The Bertz CT molecular complexity index is 988. The third kappa shape index (κ3) is 3.79. The van der Waals surface area contributed by atoms with Gasteiger partial charge in [-0.2, -0.15) is 0 Å². The molecule has 136 valence electrons. The van der Waals surface area contributed by atoms with Gasteiger partial charge in [0.25, 0.3) is 0 Å². The highest BCUT2D eigenvalue weighted by Gasteiger charge is 2.22. The van der Waals surface area contributed by atoms with E-state index in [1.807, 2.05) is 31.2 Å². The second-order valence-corrected chi connectivity index (χ2v) is 6.64. The van der Waals surface area contributed by atoms with Crippen molar-refractivity contribution in [1.82, 2.24) is 14.9 Å². The summed E-state index contributed by atoms with van der Waals surface area (Å²) in [5, 5.41) is 2.94. The van der Waals surface area contributed by atoms with Gasteiger partial charge in [0.2, 0.25) is 0 Å². The number of carbonyl (C=O) groups excluding carboxylic acids is 1. The molecule has 0 radical (unpaired) electrons. The molecule has 0 fully saturated rings. The highest BCUT2D eigenvalue weighted by molar-refractivity contribution is 5.89. The van der Waals surface area contributed by atoms with E-state index in [1.54, 1.807) is 23.2 Å². The molecule has 4 rings (SSSR count). The fourth-order valence-corrected chi connectivity index (χ4v) is 3.15. The molecular weight excluding hydrogens is 343 g/mol. The van der Waals surface area contributed by atoms with Crippen molar-refractivity contribution in [3.63, 3.8) is 0 Å². The molecule has 0 atom stereocenters. The van der Waals surface area contributed by atoms with Crippen LogP contribution in [0.15, 0.2) is 54.7 Å². The summed E-state index contributed by atoms with van der Waals surface area (Å²) in [6, 6.07) is 13.7. The zero-order chi connectivity index (χ0) is 18.8. The first-order chi connectivity index (χ1) is 13.1. The van der Waals surface area contributed by atoms with Crippen LogP contribution < -0.4 is 5.32 Å². The molecule has 27 heavy (non-hydrogen) atoms. The summed E-state index contributed by atoms with van der Waals surface area (Å²) in [6.07, 6.45) is 2.42. The zero-order valence-electron chi connectivity index (χ0n) is 14.9. The summed E-state index contributed by atoms with van der Waals surface area (Å²) in [4.78, 5) is 23.3. The maximum absolute atomic E-state index is 13.1. The number of carbonyl (C=O) groups is 1. The summed E-state index contributed by atoms with van der Waals surface area (Å²) in [7, 11) is 0. The number of aryl methyl sites for hydroxylation is 1. The molecule has 0 spiro atoms. The Balaban J connectivity index is 1.48. The highest BCUT2D eigenvalue weighted by atomic mass is 19.1. The van der Waals surface area contributed by atoms with Gasteiger partial charge in [-0.25, -0.2) is 19.2 Å². The van der Waals surface area contributed by atoms with Crippen LogP contribution in [0.3, 0.4) is 0 Å². The van der Waals surface area contributed by atoms with Gasteiger partial charge in [0, 0.05) is 36.0 Å². The summed E-state index contributed by atoms with van der Waals surface area (Å²) < 4.78 is 13.1. The normalized spacial score (nSPS) is 13.2. The van der Waals surface area contributed by atoms with E-state index in [1.165, 1.54) is 12.1 Å². The van der Waals surface area contributed by atoms with E-state index in [2.05, 4.69) is 15.3 Å². The standard InChI is InChI=1S/C21H19FN4O/c1-14-3-2-4-18(11-14)24-21(27)26-10-9-19-16(13-26)12-23-20(25-19)15-5-7-17(22)8-6-15/h2-8,11-12H,9-10,13H2,1H3,(H,24,27). The number of anilines is 1. The van der Waals surface area contributed by atoms with Gasteiger partial charge in [0.05, 0.1) is 12.2 Å². The molecule has 2 amide bonds. The molecule has 1 aliphatic rings. The zero-order valence-corrected chi connectivity index (χ0v) is 14.9. The Labute approximate surface area is 156 Å². The lowest BCUT2D eigenvalue weighted by molar-refractivity contribution is 0.206. The fraction of sp³-hybridized carbons (Fsp3) is 0.190. The number of halogens is 1. The molecule has 0 unspecified atom stereocenters. The SMILES string of the molecule is Cc1cccc(NC(=O)N2CCc3nc(-c4ccc(F)cc4)ncc3C2)c1. The van der Waals surface area contributed by atoms with Crippen molar-refractivity contribution < 1.29 is 9.18 Å². The Morgan fingerprint density at radius 1 is 1.19 bits per heavy atom. The third-order valence-corrected chi connectivity index (χ3v) is 4.59. The van der Waals surface area contributed by atoms with E-state index in [-0.39, 0.29) is 11.8 Å². The third-order valence-electron chi connectivity index (χ3n) is 4.59. The Kier molecular flexibility index (Phi) is 4.54. The predicted octanol–water partition coefficient (Wildman–Crippen LogP) is 4.18. The number of aromatic nitrogens is 2. The second kappa shape index (κ2) is 7.15. The first kappa shape index (κ1) is 17.1. The summed E-state index contributed by atoms with van der Waals surface area (Å²) in [6.45, 7) is 3.05. The molecule has 1 N–H and O–H groups in total. The number of urea groups is 1. The Morgan fingerprint density at radius 3 is 2.78 bits per heavy atom. The fourth-order valence-electron chi connectivity index (χ4n) is 3.15. The van der Waals surface area contributed by atoms with E-state index < -0.39 is 0 Å². The first-order valence-corrected chi connectivity index (χ1v) is 8.82. The Hall–Kier alpha value is -3.28. The first-order valence-electron chi connectivity index (χ1n) is 8.82. The predicted molar refractivity (Wildman–Crippen MR) is 102 cm³/mol. The van der Waals surface area contributed by atoms with E-state index >= 15 is 0 Å². The van der Waals surface area contributed by atoms with Crippen LogP contribution in [0, 0.1) is 12.7 Å². The number of nitrogens with zero attached hydrogens (tertiary/aromatic N) is 3. The number of benzene rings is 2. The Morgan fingerprint density at radius 2 is 2.00 bits per heavy atom. The van der Waals surface area contributed by atoms with Crippen LogP contribution in [0.25, 0.3) is 11.4 Å². The minimum atomic E-state index is -0.285. The molecule has 0 saturated carbocycles. The molecule has 0 bridgehead atoms. The lowest BCUT2D eigenvalue weighted by Gasteiger charge is -2.28. The van der Waals surface area contributed by atoms with Crippen LogP contribution in [-0.4, -0.2) is 27.4 Å². The van der Waals surface area contributed by atoms with Crippen LogP contribution in [0.2, 0.25) is 0 Å². The van der Waals surface area contributed by atoms with E-state index in [9.17, 15) is 9.18 Å². The quantitative estimate of drug-likeness (QED) is 0.744. The van der Waals surface area contributed by atoms with Crippen LogP contribution in [0.1, 0.15) is 16.8 Å². The van der Waals surface area contributed by atoms with Gasteiger partial charge in [-0.1, -0.05) is 12.1 Å². The number of amides is 2. The van der Waals surface area contributed by atoms with Gasteiger partial charge >= 0.3 is 6.03 Å². The van der Waals surface area contributed by atoms with Crippen LogP contribution >= 0.6 is 0 Å². The van der Waals surface area contributed by atoms with Crippen molar-refractivity contribution >= 4 is 11.7 Å². The minimum absolute atomic E-state index is 0.131. The number of rotatable bonds is 2. The summed E-state index contributed by atoms with van der Waals surface area (Å²) >= 11 is 0.